The van der Waals surface area contributed by atoms with Crippen molar-refractivity contribution in [3.8, 4) is 5.75 Å². The average Bonchev–Trinajstić information content (AvgIpc) is 2.49. The maximum absolute atomic E-state index is 14.2. The van der Waals surface area contributed by atoms with E-state index in [1.165, 1.54) is 6.07 Å². The Morgan fingerprint density at radius 1 is 1.45 bits per heavy atom. The Balaban J connectivity index is 0.00000242. The van der Waals surface area contributed by atoms with E-state index in [4.69, 9.17) is 16.3 Å². The van der Waals surface area contributed by atoms with E-state index >= 15 is 0 Å². The van der Waals surface area contributed by atoms with Gasteiger partial charge in [-0.1, -0.05) is 17.7 Å². The van der Waals surface area contributed by atoms with Gasteiger partial charge < -0.3 is 10.1 Å². The molecule has 0 aromatic heterocycles. The van der Waals surface area contributed by atoms with Gasteiger partial charge in [0.05, 0.1) is 11.6 Å². The molecule has 1 aromatic carbocycles. The molecule has 22 heavy (non-hydrogen) atoms. The van der Waals surface area contributed by atoms with Gasteiger partial charge >= 0.3 is 0 Å². The second-order valence-electron chi connectivity index (χ2n) is 5.07. The third-order valence-corrected chi connectivity index (χ3v) is 3.96. The van der Waals surface area contributed by atoms with Crippen LogP contribution >= 0.6 is 24.0 Å². The monoisotopic (exact) mass is 348 g/mol. The Hall–Kier alpha value is -0.810. The Kier molecular flexibility index (Phi) is 8.18. The molecule has 0 unspecified atom stereocenters. The highest BCUT2D eigenvalue weighted by molar-refractivity contribution is 6.32. The highest BCUT2D eigenvalue weighted by atomic mass is 35.5. The molecule has 0 radical (unpaired) electrons. The van der Waals surface area contributed by atoms with Gasteiger partial charge in [-0.2, -0.15) is 0 Å². The van der Waals surface area contributed by atoms with Crippen molar-refractivity contribution in [3.05, 3.63) is 41.2 Å². The molecule has 1 heterocycles. The van der Waals surface area contributed by atoms with Gasteiger partial charge in [-0.05, 0) is 31.0 Å². The van der Waals surface area contributed by atoms with Gasteiger partial charge in [0.25, 0.3) is 0 Å². The van der Waals surface area contributed by atoms with Gasteiger partial charge in [-0.15, -0.1) is 19.0 Å². The van der Waals surface area contributed by atoms with Crippen LogP contribution in [0.2, 0.25) is 5.02 Å². The van der Waals surface area contributed by atoms with Gasteiger partial charge in [-0.3, -0.25) is 4.90 Å². The van der Waals surface area contributed by atoms with Gasteiger partial charge in [0.2, 0.25) is 0 Å². The summed E-state index contributed by atoms with van der Waals surface area (Å²) >= 11 is 6.17. The van der Waals surface area contributed by atoms with Gasteiger partial charge in [-0.25, -0.2) is 4.39 Å². The number of halogens is 3. The number of hydrogen-bond donors (Lipinski definition) is 1. The molecule has 1 saturated heterocycles. The third-order valence-electron chi connectivity index (χ3n) is 3.68. The first-order valence-electron chi connectivity index (χ1n) is 7.34. The molecule has 0 spiro atoms. The summed E-state index contributed by atoms with van der Waals surface area (Å²) < 4.78 is 19.5. The predicted octanol–water partition coefficient (Wildman–Crippen LogP) is 3.82. The topological polar surface area (TPSA) is 24.5 Å². The highest BCUT2D eigenvalue weighted by Crippen LogP contribution is 2.34. The lowest BCUT2D eigenvalue weighted by Crippen LogP contribution is -2.45. The number of benzene rings is 1. The molecule has 1 aliphatic heterocycles. The Bertz CT molecular complexity index is 470. The normalized spacial score (nSPS) is 16.7. The predicted molar refractivity (Wildman–Crippen MR) is 91.8 cm³/mol. The molecule has 0 saturated carbocycles. The van der Waals surface area contributed by atoms with E-state index < -0.39 is 5.82 Å². The molecule has 1 fully saturated rings. The standard InChI is InChI=1S/C16H22ClFN2O.ClH/c1-3-5-15(20-8-6-19-7-9-20)12-10-13(17)16(21-4-2)14(18)11-12;/h3,10-11,15,19H,1,4-9H2,2H3;1H/t15-;/m1./s1. The molecule has 3 nitrogen and oxygen atoms in total. The minimum Gasteiger partial charge on any atom is -0.489 e. The summed E-state index contributed by atoms with van der Waals surface area (Å²) in [6.45, 7) is 9.78. The number of nitrogens with one attached hydrogen (secondary N) is 1. The van der Waals surface area contributed by atoms with Crippen molar-refractivity contribution in [2.75, 3.05) is 32.8 Å². The van der Waals surface area contributed by atoms with Crippen molar-refractivity contribution in [1.29, 1.82) is 0 Å². The molecule has 0 aliphatic carbocycles. The van der Waals surface area contributed by atoms with Crippen molar-refractivity contribution in [3.63, 3.8) is 0 Å². The van der Waals surface area contributed by atoms with Crippen LogP contribution in [0, 0.1) is 5.82 Å². The smallest absolute Gasteiger partial charge is 0.173 e. The van der Waals surface area contributed by atoms with Crippen molar-refractivity contribution >= 4 is 24.0 Å². The van der Waals surface area contributed by atoms with Gasteiger partial charge in [0, 0.05) is 32.2 Å². The van der Waals surface area contributed by atoms with E-state index in [2.05, 4.69) is 16.8 Å². The quantitative estimate of drug-likeness (QED) is 0.790. The lowest BCUT2D eigenvalue weighted by Gasteiger charge is -2.35. The van der Waals surface area contributed by atoms with Crippen LogP contribution in [0.4, 0.5) is 4.39 Å². The van der Waals surface area contributed by atoms with Crippen LogP contribution in [0.3, 0.4) is 0 Å². The Morgan fingerprint density at radius 3 is 2.68 bits per heavy atom. The molecule has 1 aromatic rings. The summed E-state index contributed by atoms with van der Waals surface area (Å²) in [5.74, 6) is -0.260. The zero-order valence-corrected chi connectivity index (χ0v) is 14.4. The van der Waals surface area contributed by atoms with E-state index in [9.17, 15) is 4.39 Å². The third kappa shape index (κ3) is 4.59. The molecule has 6 heteroatoms. The number of rotatable bonds is 6. The van der Waals surface area contributed by atoms with Gasteiger partial charge in [0.1, 0.15) is 0 Å². The molecule has 0 bridgehead atoms. The lowest BCUT2D eigenvalue weighted by atomic mass is 10.0. The molecule has 0 amide bonds. The van der Waals surface area contributed by atoms with Gasteiger partial charge in [0.15, 0.2) is 11.6 Å². The second-order valence-corrected chi connectivity index (χ2v) is 5.48. The van der Waals surface area contributed by atoms with E-state index in [0.29, 0.717) is 11.6 Å². The first-order valence-corrected chi connectivity index (χ1v) is 7.72. The maximum Gasteiger partial charge on any atom is 0.173 e. The Morgan fingerprint density at radius 2 is 2.14 bits per heavy atom. The van der Waals surface area contributed by atoms with Crippen molar-refractivity contribution in [1.82, 2.24) is 10.2 Å². The minimum atomic E-state index is -0.399. The molecule has 1 atom stereocenters. The van der Waals surface area contributed by atoms with Crippen molar-refractivity contribution in [2.45, 2.75) is 19.4 Å². The van der Waals surface area contributed by atoms with Crippen LogP contribution in [0.1, 0.15) is 24.9 Å². The summed E-state index contributed by atoms with van der Waals surface area (Å²) in [6.07, 6.45) is 2.64. The first kappa shape index (κ1) is 19.2. The summed E-state index contributed by atoms with van der Waals surface area (Å²) in [4.78, 5) is 2.34. The van der Waals surface area contributed by atoms with Crippen LogP contribution in [0.25, 0.3) is 0 Å². The number of ether oxygens (including phenoxy) is 1. The Labute approximate surface area is 142 Å². The molecule has 1 N–H and O–H groups in total. The number of piperazine rings is 1. The van der Waals surface area contributed by atoms with Crippen LogP contribution in [0.5, 0.6) is 5.75 Å². The fourth-order valence-corrected chi connectivity index (χ4v) is 2.97. The maximum atomic E-state index is 14.2. The molecular formula is C16H23Cl2FN2O. The van der Waals surface area contributed by atoms with E-state index in [0.717, 1.165) is 38.2 Å². The van der Waals surface area contributed by atoms with Crippen LogP contribution < -0.4 is 10.1 Å². The first-order chi connectivity index (χ1) is 10.2. The molecule has 1 aliphatic rings. The summed E-state index contributed by atoms with van der Waals surface area (Å²) in [5, 5.41) is 3.65. The fourth-order valence-electron chi connectivity index (χ4n) is 2.70. The molecular weight excluding hydrogens is 326 g/mol. The van der Waals surface area contributed by atoms with Crippen LogP contribution in [0.15, 0.2) is 24.8 Å². The summed E-state index contributed by atoms with van der Waals surface area (Å²) in [5.41, 5.74) is 0.878. The zero-order chi connectivity index (χ0) is 15.2. The average molecular weight is 349 g/mol. The van der Waals surface area contributed by atoms with Crippen molar-refractivity contribution < 1.29 is 9.13 Å². The van der Waals surface area contributed by atoms with Crippen LogP contribution in [-0.4, -0.2) is 37.7 Å². The SMILES string of the molecule is C=CC[C@H](c1cc(F)c(OCC)c(Cl)c1)N1CCNCC1.Cl. The van der Waals surface area contributed by atoms with Crippen molar-refractivity contribution in [2.24, 2.45) is 0 Å². The highest BCUT2D eigenvalue weighted by Gasteiger charge is 2.23. The molecule has 124 valence electrons. The summed E-state index contributed by atoms with van der Waals surface area (Å²) in [6, 6.07) is 3.45. The molecule has 2 rings (SSSR count). The zero-order valence-electron chi connectivity index (χ0n) is 12.8. The van der Waals surface area contributed by atoms with E-state index in [1.54, 1.807) is 0 Å². The second kappa shape index (κ2) is 9.36. The minimum absolute atomic E-state index is 0. The number of nitrogens with zero attached hydrogens (tertiary/aromatic N) is 1. The summed E-state index contributed by atoms with van der Waals surface area (Å²) in [7, 11) is 0. The number of hydrogen-bond acceptors (Lipinski definition) is 3. The fraction of sp³-hybridized carbons (Fsp3) is 0.500. The van der Waals surface area contributed by atoms with E-state index in [-0.39, 0.29) is 24.2 Å². The van der Waals surface area contributed by atoms with Crippen LogP contribution in [-0.2, 0) is 0 Å². The largest absolute Gasteiger partial charge is 0.489 e. The van der Waals surface area contributed by atoms with E-state index in [1.807, 2.05) is 19.1 Å². The lowest BCUT2D eigenvalue weighted by molar-refractivity contribution is 0.174.